The molecule has 0 saturated carbocycles. The third kappa shape index (κ3) is 4.54. The molecular weight excluding hydrogens is 367 g/mol. The number of halogens is 2. The number of hydroxylamine groups is 2. The molecule has 0 N–H and O–H groups in total. The van der Waals surface area contributed by atoms with Gasteiger partial charge >= 0.3 is 0 Å². The Morgan fingerprint density at radius 1 is 1.28 bits per heavy atom. The van der Waals surface area contributed by atoms with E-state index >= 15 is 0 Å². The zero-order chi connectivity index (χ0) is 17.8. The minimum Gasteiger partial charge on any atom is -0.481 e. The predicted octanol–water partition coefficient (Wildman–Crippen LogP) is 4.11. The van der Waals surface area contributed by atoms with Crippen LogP contribution >= 0.6 is 23.2 Å². The van der Waals surface area contributed by atoms with Crippen LogP contribution in [0.3, 0.4) is 0 Å². The van der Waals surface area contributed by atoms with Crippen LogP contribution in [0, 0.1) is 0 Å². The molecule has 0 unspecified atom stereocenters. The molecule has 0 aliphatic carbocycles. The van der Waals surface area contributed by atoms with Crippen molar-refractivity contribution in [2.75, 3.05) is 13.2 Å². The van der Waals surface area contributed by atoms with Crippen molar-refractivity contribution in [1.82, 2.24) is 10.0 Å². The average molecular weight is 383 g/mol. The average Bonchev–Trinajstić information content (AvgIpc) is 3.13. The second-order valence-electron chi connectivity index (χ2n) is 5.40. The number of nitrogens with zero attached hydrogens (tertiary/aromatic N) is 2. The van der Waals surface area contributed by atoms with E-state index in [-0.39, 0.29) is 11.8 Å². The van der Waals surface area contributed by atoms with E-state index < -0.39 is 6.10 Å². The fraction of sp³-hybridized carbons (Fsp3) is 0.294. The van der Waals surface area contributed by atoms with Crippen LogP contribution in [-0.2, 0) is 9.63 Å². The Balaban J connectivity index is 1.60. The number of pyridine rings is 1. The van der Waals surface area contributed by atoms with Gasteiger partial charge in [0.25, 0.3) is 5.91 Å². The molecule has 3 rings (SSSR count). The summed E-state index contributed by atoms with van der Waals surface area (Å²) < 4.78 is 11.2. The highest BCUT2D eigenvalue weighted by atomic mass is 35.5. The van der Waals surface area contributed by atoms with Gasteiger partial charge in [-0.2, -0.15) is 0 Å². The monoisotopic (exact) mass is 382 g/mol. The molecule has 1 fully saturated rings. The zero-order valence-corrected chi connectivity index (χ0v) is 15.0. The minimum atomic E-state index is -0.641. The topological polar surface area (TPSA) is 60.9 Å². The molecule has 1 atom stereocenters. The molecule has 1 aliphatic heterocycles. The lowest BCUT2D eigenvalue weighted by molar-refractivity contribution is -0.175. The molecule has 1 amide bonds. The quantitative estimate of drug-likeness (QED) is 0.778. The van der Waals surface area contributed by atoms with Gasteiger partial charge in [-0.25, -0.2) is 10.0 Å². The lowest BCUT2D eigenvalue weighted by Gasteiger charge is -2.20. The molecule has 1 aromatic carbocycles. The van der Waals surface area contributed by atoms with Crippen LogP contribution < -0.4 is 9.47 Å². The Morgan fingerprint density at radius 3 is 2.64 bits per heavy atom. The van der Waals surface area contributed by atoms with Crippen LogP contribution in [0.25, 0.3) is 0 Å². The van der Waals surface area contributed by atoms with Crippen LogP contribution in [0.15, 0.2) is 36.5 Å². The van der Waals surface area contributed by atoms with Crippen LogP contribution in [-0.4, -0.2) is 35.2 Å². The number of benzene rings is 1. The van der Waals surface area contributed by atoms with Gasteiger partial charge in [-0.1, -0.05) is 23.2 Å². The first-order valence-electron chi connectivity index (χ1n) is 7.73. The third-order valence-electron chi connectivity index (χ3n) is 3.47. The smallest absolute Gasteiger partial charge is 0.286 e. The van der Waals surface area contributed by atoms with Crippen molar-refractivity contribution in [2.24, 2.45) is 0 Å². The van der Waals surface area contributed by atoms with Crippen molar-refractivity contribution in [3.05, 3.63) is 46.6 Å². The first-order chi connectivity index (χ1) is 12.0. The van der Waals surface area contributed by atoms with E-state index in [1.54, 1.807) is 37.3 Å². The van der Waals surface area contributed by atoms with Gasteiger partial charge in [0.05, 0.1) is 18.2 Å². The SMILES string of the molecule is C[C@@H](Oc1ccc(Oc2ncc(Cl)cc2Cl)cc1)C(=O)N1CCCO1. The zero-order valence-electron chi connectivity index (χ0n) is 13.4. The fourth-order valence-corrected chi connectivity index (χ4v) is 2.67. The normalized spacial score (nSPS) is 15.1. The molecule has 1 aliphatic rings. The number of hydrogen-bond donors (Lipinski definition) is 0. The summed E-state index contributed by atoms with van der Waals surface area (Å²) >= 11 is 11.8. The molecule has 8 heteroatoms. The van der Waals surface area contributed by atoms with Gasteiger partial charge in [0.2, 0.25) is 5.88 Å². The summed E-state index contributed by atoms with van der Waals surface area (Å²) in [6, 6.07) is 8.36. The Bertz CT molecular complexity index is 749. The molecule has 0 radical (unpaired) electrons. The van der Waals surface area contributed by atoms with E-state index in [0.717, 1.165) is 6.42 Å². The molecule has 0 bridgehead atoms. The predicted molar refractivity (Wildman–Crippen MR) is 93.1 cm³/mol. The van der Waals surface area contributed by atoms with E-state index in [2.05, 4.69) is 4.98 Å². The van der Waals surface area contributed by atoms with Gasteiger partial charge in [0, 0.05) is 6.20 Å². The Hall–Kier alpha value is -2.02. The summed E-state index contributed by atoms with van der Waals surface area (Å²) in [6.45, 7) is 2.84. The third-order valence-corrected chi connectivity index (χ3v) is 3.95. The van der Waals surface area contributed by atoms with Crippen molar-refractivity contribution < 1.29 is 19.1 Å². The Kier molecular flexibility index (Phi) is 5.63. The van der Waals surface area contributed by atoms with Gasteiger partial charge in [-0.15, -0.1) is 0 Å². The van der Waals surface area contributed by atoms with Crippen LogP contribution in [0.2, 0.25) is 10.0 Å². The molecule has 1 aromatic heterocycles. The maximum Gasteiger partial charge on any atom is 0.286 e. The first kappa shape index (κ1) is 17.8. The highest BCUT2D eigenvalue weighted by Crippen LogP contribution is 2.30. The number of hydrogen-bond acceptors (Lipinski definition) is 5. The number of aromatic nitrogens is 1. The molecule has 25 heavy (non-hydrogen) atoms. The lowest BCUT2D eigenvalue weighted by atomic mass is 10.3. The van der Waals surface area contributed by atoms with Crippen LogP contribution in [0.4, 0.5) is 0 Å². The van der Waals surface area contributed by atoms with Crippen molar-refractivity contribution in [3.8, 4) is 17.4 Å². The van der Waals surface area contributed by atoms with E-state index in [1.165, 1.54) is 11.3 Å². The van der Waals surface area contributed by atoms with Crippen LogP contribution in [0.1, 0.15) is 13.3 Å². The second kappa shape index (κ2) is 7.91. The largest absolute Gasteiger partial charge is 0.481 e. The second-order valence-corrected chi connectivity index (χ2v) is 6.24. The van der Waals surface area contributed by atoms with Crippen molar-refractivity contribution >= 4 is 29.1 Å². The summed E-state index contributed by atoms with van der Waals surface area (Å²) in [7, 11) is 0. The molecule has 2 heterocycles. The molecule has 1 saturated heterocycles. The highest BCUT2D eigenvalue weighted by molar-refractivity contribution is 6.35. The highest BCUT2D eigenvalue weighted by Gasteiger charge is 2.25. The van der Waals surface area contributed by atoms with Gasteiger partial charge in [0.15, 0.2) is 6.10 Å². The Labute approximate surface area is 155 Å². The summed E-state index contributed by atoms with van der Waals surface area (Å²) in [5.41, 5.74) is 0. The number of carbonyl (C=O) groups is 1. The maximum atomic E-state index is 12.1. The van der Waals surface area contributed by atoms with E-state index in [1.807, 2.05) is 0 Å². The molecule has 0 spiro atoms. The summed E-state index contributed by atoms with van der Waals surface area (Å²) in [4.78, 5) is 21.4. The maximum absolute atomic E-state index is 12.1. The Morgan fingerprint density at radius 2 is 2.00 bits per heavy atom. The van der Waals surface area contributed by atoms with Crippen molar-refractivity contribution in [3.63, 3.8) is 0 Å². The number of carbonyl (C=O) groups excluding carboxylic acids is 1. The molecule has 6 nitrogen and oxygen atoms in total. The van der Waals surface area contributed by atoms with E-state index in [4.69, 9.17) is 37.5 Å². The minimum absolute atomic E-state index is 0.199. The van der Waals surface area contributed by atoms with Gasteiger partial charge in [-0.05, 0) is 43.7 Å². The lowest BCUT2D eigenvalue weighted by Crippen LogP contribution is -2.37. The van der Waals surface area contributed by atoms with Crippen LogP contribution in [0.5, 0.6) is 17.4 Å². The number of rotatable bonds is 5. The van der Waals surface area contributed by atoms with Gasteiger partial charge in [0.1, 0.15) is 16.5 Å². The van der Waals surface area contributed by atoms with Crippen molar-refractivity contribution in [2.45, 2.75) is 19.4 Å². The molecule has 132 valence electrons. The van der Waals surface area contributed by atoms with Crippen molar-refractivity contribution in [1.29, 1.82) is 0 Å². The van der Waals surface area contributed by atoms with E-state index in [0.29, 0.717) is 34.7 Å². The molecule has 2 aromatic rings. The van der Waals surface area contributed by atoms with Gasteiger partial charge in [-0.3, -0.25) is 9.63 Å². The molecular formula is C17H16Cl2N2O4. The standard InChI is InChI=1S/C17H16Cl2N2O4/c1-11(17(22)21-7-2-8-23-21)24-13-3-5-14(6-4-13)25-16-15(19)9-12(18)10-20-16/h3-6,9-11H,2,7-8H2,1H3/t11-/m1/s1. The summed E-state index contributed by atoms with van der Waals surface area (Å²) in [5, 5.41) is 2.09. The summed E-state index contributed by atoms with van der Waals surface area (Å²) in [5.74, 6) is 1.14. The van der Waals surface area contributed by atoms with E-state index in [9.17, 15) is 4.79 Å². The summed E-state index contributed by atoms with van der Waals surface area (Å²) in [6.07, 6.45) is 1.65. The number of ether oxygens (including phenoxy) is 2. The van der Waals surface area contributed by atoms with Gasteiger partial charge < -0.3 is 9.47 Å². The number of amides is 1. The fourth-order valence-electron chi connectivity index (χ4n) is 2.25. The first-order valence-corrected chi connectivity index (χ1v) is 8.48.